The zero-order valence-electron chi connectivity index (χ0n) is 16.3. The molecule has 0 bridgehead atoms. The zero-order valence-corrected chi connectivity index (χ0v) is 17.1. The Labute approximate surface area is 175 Å². The minimum atomic E-state index is -5.07. The summed E-state index contributed by atoms with van der Waals surface area (Å²) in [6.07, 6.45) is -7.42. The van der Waals surface area contributed by atoms with Gasteiger partial charge >= 0.3 is 5.63 Å². The molecule has 1 aliphatic heterocycles. The number of aliphatic hydroxyl groups is 3. The first kappa shape index (κ1) is 23.1. The number of fused-ring (bicyclic) bond motifs is 1. The first-order chi connectivity index (χ1) is 14.4. The van der Waals surface area contributed by atoms with Crippen molar-refractivity contribution in [2.75, 3.05) is 0 Å². The van der Waals surface area contributed by atoms with E-state index >= 15 is 0 Å². The van der Waals surface area contributed by atoms with Gasteiger partial charge in [0.05, 0.1) is 0 Å². The lowest BCUT2D eigenvalue weighted by Crippen LogP contribution is -2.67. The van der Waals surface area contributed by atoms with Gasteiger partial charge in [0.2, 0.25) is 17.6 Å². The van der Waals surface area contributed by atoms with Crippen LogP contribution in [-0.2, 0) is 19.6 Å². The first-order valence-corrected chi connectivity index (χ1v) is 10.5. The number of rotatable bonds is 5. The van der Waals surface area contributed by atoms with Gasteiger partial charge in [-0.3, -0.25) is 9.35 Å². The maximum absolute atomic E-state index is 11.6. The van der Waals surface area contributed by atoms with E-state index in [0.717, 1.165) is 6.92 Å². The first-order valence-electron chi connectivity index (χ1n) is 9.02. The van der Waals surface area contributed by atoms with Crippen LogP contribution in [0.4, 0.5) is 0 Å². The molecule has 31 heavy (non-hydrogen) atoms. The van der Waals surface area contributed by atoms with Crippen molar-refractivity contribution in [3.8, 4) is 5.75 Å². The van der Waals surface area contributed by atoms with Crippen LogP contribution >= 0.6 is 0 Å². The van der Waals surface area contributed by atoms with Gasteiger partial charge in [0, 0.05) is 24.4 Å². The summed E-state index contributed by atoms with van der Waals surface area (Å²) < 4.78 is 47.7. The van der Waals surface area contributed by atoms with Crippen LogP contribution in [0.15, 0.2) is 33.5 Å². The molecule has 1 aromatic heterocycles. The number of hydrogen-bond acceptors (Lipinski definition) is 10. The minimum absolute atomic E-state index is 0.0466. The highest BCUT2D eigenvalue weighted by molar-refractivity contribution is 7.86. The van der Waals surface area contributed by atoms with E-state index in [2.05, 4.69) is 5.32 Å². The zero-order chi connectivity index (χ0) is 23.1. The van der Waals surface area contributed by atoms with Gasteiger partial charge < -0.3 is 34.5 Å². The summed E-state index contributed by atoms with van der Waals surface area (Å²) in [6.45, 7) is 2.83. The lowest BCUT2D eigenvalue weighted by atomic mass is 9.96. The Morgan fingerprint density at radius 2 is 1.90 bits per heavy atom. The molecule has 0 radical (unpaired) electrons. The van der Waals surface area contributed by atoms with Gasteiger partial charge in [-0.15, -0.1) is 0 Å². The molecule has 0 saturated carbocycles. The number of ether oxygens (including phenoxy) is 2. The number of hydrogen-bond donors (Lipinski definition) is 5. The molecule has 13 heteroatoms. The van der Waals surface area contributed by atoms with E-state index in [4.69, 9.17) is 18.4 Å². The van der Waals surface area contributed by atoms with Crippen LogP contribution < -0.4 is 15.7 Å². The molecule has 0 spiro atoms. The van der Waals surface area contributed by atoms with E-state index in [0.29, 0.717) is 10.9 Å². The molecule has 1 aliphatic rings. The highest BCUT2D eigenvalue weighted by atomic mass is 32.2. The second-order valence-electron chi connectivity index (χ2n) is 7.11. The average Bonchev–Trinajstić information content (AvgIpc) is 2.65. The monoisotopic (exact) mass is 459 g/mol. The van der Waals surface area contributed by atoms with Crippen molar-refractivity contribution in [2.24, 2.45) is 0 Å². The Morgan fingerprint density at radius 3 is 2.52 bits per heavy atom. The topological polar surface area (TPSA) is 193 Å². The Hall–Kier alpha value is -2.55. The molecule has 1 fully saturated rings. The number of amides is 1. The van der Waals surface area contributed by atoms with Crippen LogP contribution in [0.2, 0.25) is 0 Å². The molecule has 2 heterocycles. The molecule has 1 aromatic carbocycles. The third-order valence-corrected chi connectivity index (χ3v) is 5.65. The second kappa shape index (κ2) is 8.53. The predicted molar refractivity (Wildman–Crippen MR) is 104 cm³/mol. The van der Waals surface area contributed by atoms with Gasteiger partial charge in [-0.1, -0.05) is 0 Å². The number of carbonyl (C=O) groups is 1. The van der Waals surface area contributed by atoms with E-state index in [9.17, 15) is 33.3 Å². The number of carbonyl (C=O) groups excluding carboxylic acids is 1. The van der Waals surface area contributed by atoms with E-state index in [-0.39, 0.29) is 11.3 Å². The van der Waals surface area contributed by atoms with E-state index < -0.39 is 57.7 Å². The van der Waals surface area contributed by atoms with Crippen molar-refractivity contribution >= 4 is 27.0 Å². The molecule has 1 saturated heterocycles. The lowest BCUT2D eigenvalue weighted by molar-refractivity contribution is -0.249. The fraction of sp³-hybridized carbons (Fsp3) is 0.444. The van der Waals surface area contributed by atoms with Crippen LogP contribution in [0.5, 0.6) is 5.75 Å². The van der Waals surface area contributed by atoms with Gasteiger partial charge in [-0.2, -0.15) is 8.42 Å². The highest BCUT2D eigenvalue weighted by Gasteiger charge is 2.51. The van der Waals surface area contributed by atoms with Gasteiger partial charge in [0.15, 0.2) is 0 Å². The number of nitrogens with one attached hydrogen (secondary N) is 1. The van der Waals surface area contributed by atoms with Gasteiger partial charge in [0.1, 0.15) is 35.7 Å². The van der Waals surface area contributed by atoms with Crippen molar-refractivity contribution in [3.63, 3.8) is 0 Å². The number of aliphatic hydroxyl groups excluding tert-OH is 3. The maximum Gasteiger partial charge on any atom is 0.336 e. The Kier molecular flexibility index (Phi) is 6.36. The summed E-state index contributed by atoms with van der Waals surface area (Å²) >= 11 is 0. The summed E-state index contributed by atoms with van der Waals surface area (Å²) in [5.74, 6) is -0.576. The summed E-state index contributed by atoms with van der Waals surface area (Å²) in [6, 6.07) is 4.31. The third kappa shape index (κ3) is 4.87. The normalized spacial score (nSPS) is 27.6. The van der Waals surface area contributed by atoms with Crippen molar-refractivity contribution in [2.45, 2.75) is 49.9 Å². The van der Waals surface area contributed by atoms with Gasteiger partial charge in [0.25, 0.3) is 10.1 Å². The number of benzene rings is 1. The predicted octanol–water partition coefficient (Wildman–Crippen LogP) is -1.36. The van der Waals surface area contributed by atoms with E-state index in [1.807, 2.05) is 0 Å². The molecule has 3 rings (SSSR count). The molecular weight excluding hydrogens is 438 g/mol. The summed E-state index contributed by atoms with van der Waals surface area (Å²) in [5, 5.41) is 33.3. The third-order valence-electron chi connectivity index (χ3n) is 4.77. The number of aryl methyl sites for hydroxylation is 1. The maximum atomic E-state index is 11.6. The Bertz CT molecular complexity index is 1140. The second-order valence-corrected chi connectivity index (χ2v) is 8.62. The standard InChI is InChI=1S/C18H21NO11S/c1-7-5-12(21)29-11-6-9(3-4-10(7)11)28-18-13(19-8(2)20)14(22)15(23)16(30-18)17(24)31(25,26)27/h3-6,13-18,22-24H,1-2H3,(H,19,20)(H,25,26,27)/t13-,14-,15+,16+,17?,18-/m1/s1. The van der Waals surface area contributed by atoms with Crippen LogP contribution in [-0.4, -0.2) is 70.3 Å². The molecular formula is C18H21NO11S. The highest BCUT2D eigenvalue weighted by Crippen LogP contribution is 2.29. The van der Waals surface area contributed by atoms with E-state index in [1.165, 1.54) is 18.2 Å². The lowest BCUT2D eigenvalue weighted by Gasteiger charge is -2.43. The van der Waals surface area contributed by atoms with Crippen LogP contribution in [0.3, 0.4) is 0 Å². The molecule has 6 atom stereocenters. The van der Waals surface area contributed by atoms with Gasteiger partial charge in [-0.25, -0.2) is 4.79 Å². The SMILES string of the molecule is CC(=O)N[C@H]1[C@H](Oc2ccc3c(C)cc(=O)oc3c2)O[C@H](C(O)S(=O)(=O)O)[C@@H](O)[C@@H]1O. The molecule has 5 N–H and O–H groups in total. The van der Waals surface area contributed by atoms with Crippen molar-refractivity contribution in [1.29, 1.82) is 0 Å². The van der Waals surface area contributed by atoms with E-state index in [1.54, 1.807) is 13.0 Å². The van der Waals surface area contributed by atoms with Crippen LogP contribution in [0, 0.1) is 6.92 Å². The smallest absolute Gasteiger partial charge is 0.336 e. The molecule has 170 valence electrons. The fourth-order valence-corrected chi connectivity index (χ4v) is 3.86. The summed E-state index contributed by atoms with van der Waals surface area (Å²) in [7, 11) is -5.07. The molecule has 2 aromatic rings. The molecule has 1 unspecified atom stereocenters. The Morgan fingerprint density at radius 1 is 1.23 bits per heavy atom. The molecule has 12 nitrogen and oxygen atoms in total. The largest absolute Gasteiger partial charge is 0.462 e. The van der Waals surface area contributed by atoms with Crippen molar-refractivity contribution in [1.82, 2.24) is 5.32 Å². The minimum Gasteiger partial charge on any atom is -0.462 e. The van der Waals surface area contributed by atoms with Crippen molar-refractivity contribution in [3.05, 3.63) is 40.2 Å². The van der Waals surface area contributed by atoms with Gasteiger partial charge in [-0.05, 0) is 24.6 Å². The summed E-state index contributed by atoms with van der Waals surface area (Å²) in [5.41, 5.74) is -2.37. The average molecular weight is 459 g/mol. The molecule has 1 amide bonds. The van der Waals surface area contributed by atoms with Crippen LogP contribution in [0.1, 0.15) is 12.5 Å². The summed E-state index contributed by atoms with van der Waals surface area (Å²) in [4.78, 5) is 23.2. The quantitative estimate of drug-likeness (QED) is 0.262. The van der Waals surface area contributed by atoms with Crippen LogP contribution in [0.25, 0.3) is 11.0 Å². The Balaban J connectivity index is 1.97. The molecule has 0 aliphatic carbocycles. The van der Waals surface area contributed by atoms with Crippen molar-refractivity contribution < 1.29 is 47.0 Å². The fourth-order valence-electron chi connectivity index (χ4n) is 3.30.